The van der Waals surface area contributed by atoms with Gasteiger partial charge in [0.1, 0.15) is 5.75 Å². The minimum atomic E-state index is 0.230. The summed E-state index contributed by atoms with van der Waals surface area (Å²) in [7, 11) is 1.59. The van der Waals surface area contributed by atoms with Crippen molar-refractivity contribution in [2.45, 2.75) is 32.2 Å². The Morgan fingerprint density at radius 2 is 2.12 bits per heavy atom. The van der Waals surface area contributed by atoms with E-state index in [9.17, 15) is 5.11 Å². The number of methoxy groups -OCH3 is 1. The van der Waals surface area contributed by atoms with Crippen LogP contribution in [0.3, 0.4) is 0 Å². The fourth-order valence-corrected chi connectivity index (χ4v) is 3.94. The first-order valence-electron chi connectivity index (χ1n) is 8.65. The van der Waals surface area contributed by atoms with Gasteiger partial charge in [-0.25, -0.2) is 0 Å². The lowest BCUT2D eigenvalue weighted by Gasteiger charge is -2.35. The fourth-order valence-electron chi connectivity index (χ4n) is 3.94. The molecule has 4 heteroatoms. The molecule has 2 aliphatic rings. The largest absolute Gasteiger partial charge is 0.504 e. The average Bonchev–Trinajstić information content (AvgIpc) is 2.60. The van der Waals surface area contributed by atoms with E-state index in [2.05, 4.69) is 30.4 Å². The van der Waals surface area contributed by atoms with Crippen molar-refractivity contribution in [3.05, 3.63) is 41.0 Å². The third-order valence-electron chi connectivity index (χ3n) is 4.99. The summed E-state index contributed by atoms with van der Waals surface area (Å²) in [6.45, 7) is 3.79. The molecule has 1 aliphatic heterocycles. The van der Waals surface area contributed by atoms with Crippen LogP contribution in [-0.2, 0) is 12.8 Å². The Kier molecular flexibility index (Phi) is 3.85. The number of hydrogen-bond acceptors (Lipinski definition) is 4. The van der Waals surface area contributed by atoms with Crippen molar-refractivity contribution in [2.75, 3.05) is 20.3 Å². The first kappa shape index (κ1) is 15.3. The van der Waals surface area contributed by atoms with Gasteiger partial charge < -0.3 is 19.9 Å². The van der Waals surface area contributed by atoms with Crippen molar-refractivity contribution < 1.29 is 14.6 Å². The molecule has 0 unspecified atom stereocenters. The molecule has 1 heterocycles. The molecule has 126 valence electrons. The zero-order chi connectivity index (χ0) is 16.7. The molecule has 1 aliphatic carbocycles. The van der Waals surface area contributed by atoms with E-state index in [0.29, 0.717) is 18.4 Å². The Morgan fingerprint density at radius 1 is 1.25 bits per heavy atom. The predicted molar refractivity (Wildman–Crippen MR) is 94.0 cm³/mol. The van der Waals surface area contributed by atoms with Crippen LogP contribution in [0, 0.1) is 0 Å². The summed E-state index contributed by atoms with van der Waals surface area (Å²) in [6, 6.07) is 8.47. The third-order valence-corrected chi connectivity index (χ3v) is 4.99. The molecule has 4 rings (SSSR count). The highest BCUT2D eigenvalue weighted by Gasteiger charge is 2.32. The van der Waals surface area contributed by atoms with E-state index >= 15 is 0 Å². The van der Waals surface area contributed by atoms with Crippen molar-refractivity contribution in [1.29, 1.82) is 0 Å². The highest BCUT2D eigenvalue weighted by molar-refractivity contribution is 5.83. The lowest BCUT2D eigenvalue weighted by atomic mass is 9.77. The molecule has 0 saturated carbocycles. The van der Waals surface area contributed by atoms with Crippen LogP contribution in [0.15, 0.2) is 24.3 Å². The third kappa shape index (κ3) is 2.33. The highest BCUT2D eigenvalue weighted by Crippen LogP contribution is 2.49. The van der Waals surface area contributed by atoms with Gasteiger partial charge >= 0.3 is 0 Å². The van der Waals surface area contributed by atoms with Crippen LogP contribution in [-0.4, -0.2) is 25.4 Å². The molecular formula is C20H23NO3. The number of aromatic hydroxyl groups is 1. The van der Waals surface area contributed by atoms with E-state index in [1.165, 1.54) is 11.1 Å². The molecule has 0 aromatic heterocycles. The standard InChI is InChI=1S/C20H23NO3/c1-3-8-24-14-9-13-6-7-21-16-10-12-4-5-17(23-2)20(22)19(12)15(11-14)18(13)16/h4-5,9,11,16,21-22H,3,6-8,10H2,1-2H3/t16-/m1/s1. The van der Waals surface area contributed by atoms with Crippen LogP contribution in [0.1, 0.15) is 36.1 Å². The highest BCUT2D eigenvalue weighted by atomic mass is 16.5. The van der Waals surface area contributed by atoms with E-state index < -0.39 is 0 Å². The Bertz CT molecular complexity index is 785. The molecule has 0 radical (unpaired) electrons. The van der Waals surface area contributed by atoms with Gasteiger partial charge in [-0.3, -0.25) is 0 Å². The topological polar surface area (TPSA) is 50.7 Å². The second-order valence-electron chi connectivity index (χ2n) is 6.50. The molecule has 2 N–H and O–H groups in total. The Labute approximate surface area is 142 Å². The lowest BCUT2D eigenvalue weighted by Crippen LogP contribution is -2.33. The Balaban J connectivity index is 1.93. The number of hydrogen-bond donors (Lipinski definition) is 2. The molecule has 2 aromatic rings. The van der Waals surface area contributed by atoms with Crippen LogP contribution in [0.2, 0.25) is 0 Å². The van der Waals surface area contributed by atoms with E-state index in [0.717, 1.165) is 48.2 Å². The lowest BCUT2D eigenvalue weighted by molar-refractivity contribution is 0.316. The van der Waals surface area contributed by atoms with Crippen molar-refractivity contribution in [1.82, 2.24) is 5.32 Å². The molecule has 1 atom stereocenters. The normalized spacial score (nSPS) is 17.8. The molecule has 0 spiro atoms. The van der Waals surface area contributed by atoms with Crippen LogP contribution < -0.4 is 14.8 Å². The van der Waals surface area contributed by atoms with Crippen LogP contribution in [0.4, 0.5) is 0 Å². The quantitative estimate of drug-likeness (QED) is 0.902. The number of phenolic OH excluding ortho intramolecular Hbond substituents is 1. The van der Waals surface area contributed by atoms with Gasteiger partial charge in [-0.15, -0.1) is 0 Å². The summed E-state index contributed by atoms with van der Waals surface area (Å²) in [5.74, 6) is 1.64. The van der Waals surface area contributed by atoms with Gasteiger partial charge in [-0.05, 0) is 66.3 Å². The molecule has 24 heavy (non-hydrogen) atoms. The summed E-state index contributed by atoms with van der Waals surface area (Å²) in [5, 5.41) is 14.3. The van der Waals surface area contributed by atoms with Gasteiger partial charge in [-0.1, -0.05) is 13.0 Å². The summed E-state index contributed by atoms with van der Waals surface area (Å²) in [6.07, 6.45) is 2.86. The maximum atomic E-state index is 10.7. The van der Waals surface area contributed by atoms with Crippen molar-refractivity contribution >= 4 is 0 Å². The Morgan fingerprint density at radius 3 is 2.92 bits per heavy atom. The SMILES string of the molecule is CCCOc1cc2c3c(c1)-c1c(ccc(OC)c1O)C[C@H]3NCC2. The van der Waals surface area contributed by atoms with Crippen LogP contribution in [0.5, 0.6) is 17.2 Å². The molecular weight excluding hydrogens is 302 g/mol. The van der Waals surface area contributed by atoms with Gasteiger partial charge in [0, 0.05) is 11.6 Å². The number of benzene rings is 2. The summed E-state index contributed by atoms with van der Waals surface area (Å²) in [5.41, 5.74) is 5.76. The minimum Gasteiger partial charge on any atom is -0.504 e. The molecule has 4 nitrogen and oxygen atoms in total. The molecule has 0 bridgehead atoms. The average molecular weight is 325 g/mol. The summed E-state index contributed by atoms with van der Waals surface area (Å²) in [4.78, 5) is 0. The van der Waals surface area contributed by atoms with Gasteiger partial charge in [0.05, 0.1) is 13.7 Å². The van der Waals surface area contributed by atoms with Gasteiger partial charge in [0.25, 0.3) is 0 Å². The van der Waals surface area contributed by atoms with E-state index in [1.54, 1.807) is 7.11 Å². The van der Waals surface area contributed by atoms with Crippen molar-refractivity contribution in [3.8, 4) is 28.4 Å². The summed E-state index contributed by atoms with van der Waals surface area (Å²) < 4.78 is 11.2. The second kappa shape index (κ2) is 6.02. The zero-order valence-electron chi connectivity index (χ0n) is 14.2. The van der Waals surface area contributed by atoms with Crippen LogP contribution >= 0.6 is 0 Å². The van der Waals surface area contributed by atoms with Gasteiger partial charge in [0.15, 0.2) is 11.5 Å². The van der Waals surface area contributed by atoms with Crippen LogP contribution in [0.25, 0.3) is 11.1 Å². The Hall–Kier alpha value is -2.20. The minimum absolute atomic E-state index is 0.230. The number of ether oxygens (including phenoxy) is 2. The number of phenols is 1. The number of fused-ring (bicyclic) bond motifs is 2. The zero-order valence-corrected chi connectivity index (χ0v) is 14.2. The van der Waals surface area contributed by atoms with Gasteiger partial charge in [-0.2, -0.15) is 0 Å². The smallest absolute Gasteiger partial charge is 0.165 e. The summed E-state index contributed by atoms with van der Waals surface area (Å²) >= 11 is 0. The number of rotatable bonds is 4. The molecule has 0 amide bonds. The fraction of sp³-hybridized carbons (Fsp3) is 0.400. The second-order valence-corrected chi connectivity index (χ2v) is 6.50. The molecule has 0 saturated heterocycles. The first-order valence-corrected chi connectivity index (χ1v) is 8.65. The maximum Gasteiger partial charge on any atom is 0.165 e. The van der Waals surface area contributed by atoms with E-state index in [4.69, 9.17) is 9.47 Å². The number of nitrogens with one attached hydrogen (secondary N) is 1. The van der Waals surface area contributed by atoms with Crippen molar-refractivity contribution in [2.24, 2.45) is 0 Å². The van der Waals surface area contributed by atoms with Gasteiger partial charge in [0.2, 0.25) is 0 Å². The molecule has 0 fully saturated rings. The van der Waals surface area contributed by atoms with Crippen molar-refractivity contribution in [3.63, 3.8) is 0 Å². The maximum absolute atomic E-state index is 10.7. The predicted octanol–water partition coefficient (Wildman–Crippen LogP) is 3.60. The van der Waals surface area contributed by atoms with E-state index in [1.807, 2.05) is 6.07 Å². The first-order chi connectivity index (χ1) is 11.7. The monoisotopic (exact) mass is 325 g/mol. The molecule has 2 aromatic carbocycles. The van der Waals surface area contributed by atoms with E-state index in [-0.39, 0.29) is 5.75 Å².